The van der Waals surface area contributed by atoms with Gasteiger partial charge in [0.2, 0.25) is 5.91 Å². The van der Waals surface area contributed by atoms with Gasteiger partial charge in [0.15, 0.2) is 0 Å². The van der Waals surface area contributed by atoms with Gasteiger partial charge >= 0.3 is 11.9 Å². The average molecular weight is 283 g/mol. The molecule has 112 valence electrons. The molecule has 1 aliphatic heterocycles. The molecule has 7 nitrogen and oxygen atoms in total. The van der Waals surface area contributed by atoms with Crippen molar-refractivity contribution < 1.29 is 19.1 Å². The Morgan fingerprint density at radius 2 is 1.80 bits per heavy atom. The Morgan fingerprint density at radius 1 is 1.15 bits per heavy atom. The summed E-state index contributed by atoms with van der Waals surface area (Å²) >= 11 is 0. The molecular formula is C13H21N3O4. The van der Waals surface area contributed by atoms with Gasteiger partial charge in [-0.15, -0.1) is 0 Å². The van der Waals surface area contributed by atoms with Crippen LogP contribution in [0.25, 0.3) is 0 Å². The highest BCUT2D eigenvalue weighted by Gasteiger charge is 2.32. The van der Waals surface area contributed by atoms with Crippen molar-refractivity contribution in [3.63, 3.8) is 0 Å². The fourth-order valence-electron chi connectivity index (χ4n) is 2.31. The van der Waals surface area contributed by atoms with Crippen LogP contribution in [-0.4, -0.2) is 73.0 Å². The van der Waals surface area contributed by atoms with Crippen molar-refractivity contribution in [2.45, 2.75) is 25.8 Å². The SMILES string of the molecule is CCOC(=O)C(=O)NCC(=O)N1CCN(C2CC2)CC1. The fourth-order valence-corrected chi connectivity index (χ4v) is 2.31. The summed E-state index contributed by atoms with van der Waals surface area (Å²) in [6, 6.07) is 0.718. The third kappa shape index (κ3) is 3.93. The van der Waals surface area contributed by atoms with Crippen molar-refractivity contribution in [1.82, 2.24) is 15.1 Å². The van der Waals surface area contributed by atoms with Gasteiger partial charge in [0.25, 0.3) is 0 Å². The smallest absolute Gasteiger partial charge is 0.396 e. The largest absolute Gasteiger partial charge is 0.459 e. The number of rotatable bonds is 4. The molecule has 0 radical (unpaired) electrons. The normalized spacial score (nSPS) is 19.6. The lowest BCUT2D eigenvalue weighted by atomic mass is 10.3. The lowest BCUT2D eigenvalue weighted by Crippen LogP contribution is -2.52. The van der Waals surface area contributed by atoms with Crippen LogP contribution in [0, 0.1) is 0 Å². The van der Waals surface area contributed by atoms with E-state index in [1.165, 1.54) is 12.8 Å². The highest BCUT2D eigenvalue weighted by molar-refractivity contribution is 6.32. The summed E-state index contributed by atoms with van der Waals surface area (Å²) < 4.78 is 4.55. The summed E-state index contributed by atoms with van der Waals surface area (Å²) in [7, 11) is 0. The first-order chi connectivity index (χ1) is 9.61. The molecule has 1 aliphatic carbocycles. The number of nitrogens with zero attached hydrogens (tertiary/aromatic N) is 2. The van der Waals surface area contributed by atoms with Crippen molar-refractivity contribution >= 4 is 17.8 Å². The predicted octanol–water partition coefficient (Wildman–Crippen LogP) is -1.03. The molecule has 0 bridgehead atoms. The number of esters is 1. The summed E-state index contributed by atoms with van der Waals surface area (Å²) in [6.45, 7) is 4.76. The molecule has 1 heterocycles. The van der Waals surface area contributed by atoms with Crippen molar-refractivity contribution in [2.24, 2.45) is 0 Å². The molecule has 0 aromatic carbocycles. The van der Waals surface area contributed by atoms with Crippen LogP contribution in [0.4, 0.5) is 0 Å². The number of ether oxygens (including phenoxy) is 1. The topological polar surface area (TPSA) is 78.9 Å². The monoisotopic (exact) mass is 283 g/mol. The molecule has 0 atom stereocenters. The van der Waals surface area contributed by atoms with Crippen LogP contribution in [0.1, 0.15) is 19.8 Å². The fraction of sp³-hybridized carbons (Fsp3) is 0.769. The molecule has 20 heavy (non-hydrogen) atoms. The highest BCUT2D eigenvalue weighted by atomic mass is 16.5. The van der Waals surface area contributed by atoms with Crippen LogP contribution in [0.3, 0.4) is 0 Å². The van der Waals surface area contributed by atoms with E-state index in [1.54, 1.807) is 11.8 Å². The molecule has 1 saturated heterocycles. The van der Waals surface area contributed by atoms with E-state index in [4.69, 9.17) is 0 Å². The summed E-state index contributed by atoms with van der Waals surface area (Å²) in [4.78, 5) is 38.4. The van der Waals surface area contributed by atoms with E-state index in [1.807, 2.05) is 0 Å². The molecule has 0 unspecified atom stereocenters. The van der Waals surface area contributed by atoms with Crippen molar-refractivity contribution in [2.75, 3.05) is 39.3 Å². The van der Waals surface area contributed by atoms with Crippen molar-refractivity contribution in [1.29, 1.82) is 0 Å². The third-order valence-electron chi connectivity index (χ3n) is 3.59. The molecular weight excluding hydrogens is 262 g/mol. The first kappa shape index (κ1) is 14.8. The standard InChI is InChI=1S/C13H21N3O4/c1-2-20-13(19)12(18)14-9-11(17)16-7-5-15(6-8-16)10-3-4-10/h10H,2-9H2,1H3,(H,14,18). The van der Waals surface area contributed by atoms with Crippen molar-refractivity contribution in [3.05, 3.63) is 0 Å². The van der Waals surface area contributed by atoms with Gasteiger partial charge in [0, 0.05) is 32.2 Å². The molecule has 2 amide bonds. The quantitative estimate of drug-likeness (QED) is 0.527. The van der Waals surface area contributed by atoms with Crippen LogP contribution in [-0.2, 0) is 19.1 Å². The van der Waals surface area contributed by atoms with E-state index in [0.29, 0.717) is 13.1 Å². The minimum Gasteiger partial charge on any atom is -0.459 e. The number of carbonyl (C=O) groups excluding carboxylic acids is 3. The van der Waals surface area contributed by atoms with E-state index in [9.17, 15) is 14.4 Å². The summed E-state index contributed by atoms with van der Waals surface area (Å²) in [5, 5.41) is 2.29. The lowest BCUT2D eigenvalue weighted by molar-refractivity contribution is -0.154. The number of nitrogens with one attached hydrogen (secondary N) is 1. The second-order valence-corrected chi connectivity index (χ2v) is 5.05. The molecule has 2 aliphatic rings. The van der Waals surface area contributed by atoms with Gasteiger partial charge in [-0.3, -0.25) is 14.5 Å². The van der Waals surface area contributed by atoms with Gasteiger partial charge in [-0.2, -0.15) is 0 Å². The van der Waals surface area contributed by atoms with E-state index in [-0.39, 0.29) is 19.1 Å². The van der Waals surface area contributed by atoms with Gasteiger partial charge < -0.3 is 15.0 Å². The molecule has 7 heteroatoms. The molecule has 0 spiro atoms. The maximum atomic E-state index is 11.9. The molecule has 1 N–H and O–H groups in total. The molecule has 0 aromatic rings. The van der Waals surface area contributed by atoms with Gasteiger partial charge in [-0.05, 0) is 19.8 Å². The van der Waals surface area contributed by atoms with Gasteiger partial charge in [-0.1, -0.05) is 0 Å². The Morgan fingerprint density at radius 3 is 2.35 bits per heavy atom. The number of amides is 2. The van der Waals surface area contributed by atoms with E-state index in [0.717, 1.165) is 19.1 Å². The van der Waals surface area contributed by atoms with Crippen LogP contribution >= 0.6 is 0 Å². The van der Waals surface area contributed by atoms with Crippen molar-refractivity contribution in [3.8, 4) is 0 Å². The molecule has 0 aromatic heterocycles. The Bertz CT molecular complexity index is 387. The van der Waals surface area contributed by atoms with Gasteiger partial charge in [-0.25, -0.2) is 4.79 Å². The molecule has 1 saturated carbocycles. The zero-order chi connectivity index (χ0) is 14.5. The second kappa shape index (κ2) is 6.69. The minimum atomic E-state index is -0.946. The Kier molecular flexibility index (Phi) is 4.94. The Balaban J connectivity index is 1.67. The lowest BCUT2D eigenvalue weighted by Gasteiger charge is -2.34. The number of carbonyl (C=O) groups is 3. The zero-order valence-electron chi connectivity index (χ0n) is 11.8. The predicted molar refractivity (Wildman–Crippen MR) is 70.8 cm³/mol. The molecule has 2 rings (SSSR count). The minimum absolute atomic E-state index is 0.142. The average Bonchev–Trinajstić information content (AvgIpc) is 3.29. The number of hydrogen-bond donors (Lipinski definition) is 1. The Labute approximate surface area is 118 Å². The maximum Gasteiger partial charge on any atom is 0.396 e. The summed E-state index contributed by atoms with van der Waals surface area (Å²) in [6.07, 6.45) is 2.53. The van der Waals surface area contributed by atoms with E-state index < -0.39 is 11.9 Å². The van der Waals surface area contributed by atoms with Gasteiger partial charge in [0.05, 0.1) is 13.2 Å². The van der Waals surface area contributed by atoms with Crippen LogP contribution in [0.5, 0.6) is 0 Å². The highest BCUT2D eigenvalue weighted by Crippen LogP contribution is 2.27. The van der Waals surface area contributed by atoms with E-state index >= 15 is 0 Å². The van der Waals surface area contributed by atoms with Crippen LogP contribution in [0.15, 0.2) is 0 Å². The maximum absolute atomic E-state index is 11.9. The first-order valence-corrected chi connectivity index (χ1v) is 7.08. The number of hydrogen-bond acceptors (Lipinski definition) is 5. The first-order valence-electron chi connectivity index (χ1n) is 7.08. The Hall–Kier alpha value is -1.63. The van der Waals surface area contributed by atoms with Gasteiger partial charge in [0.1, 0.15) is 0 Å². The number of piperazine rings is 1. The third-order valence-corrected chi connectivity index (χ3v) is 3.59. The van der Waals surface area contributed by atoms with Crippen LogP contribution in [0.2, 0.25) is 0 Å². The molecule has 2 fully saturated rings. The van der Waals surface area contributed by atoms with E-state index in [2.05, 4.69) is 15.0 Å². The second-order valence-electron chi connectivity index (χ2n) is 5.05. The zero-order valence-corrected chi connectivity index (χ0v) is 11.8. The summed E-state index contributed by atoms with van der Waals surface area (Å²) in [5.41, 5.74) is 0. The van der Waals surface area contributed by atoms with Crippen LogP contribution < -0.4 is 5.32 Å². The summed E-state index contributed by atoms with van der Waals surface area (Å²) in [5.74, 6) is -1.96.